The quantitative estimate of drug-likeness (QED) is 0.680. The van der Waals surface area contributed by atoms with Gasteiger partial charge in [0.15, 0.2) is 0 Å². The van der Waals surface area contributed by atoms with E-state index in [9.17, 15) is 9.59 Å². The van der Waals surface area contributed by atoms with E-state index in [1.165, 1.54) is 18.7 Å². The van der Waals surface area contributed by atoms with E-state index < -0.39 is 0 Å². The minimum absolute atomic E-state index is 0.0846. The van der Waals surface area contributed by atoms with Crippen LogP contribution in [0.3, 0.4) is 0 Å². The number of rotatable bonds is 6. The molecular weight excluding hydrogens is 408 g/mol. The Morgan fingerprint density at radius 1 is 1.03 bits per heavy atom. The summed E-state index contributed by atoms with van der Waals surface area (Å²) in [5.74, 6) is 0.0924. The standard InChI is InChI=1S/C21H25ClN4O2S/c1-15(27)23-17-4-6-18(7-5-17)29-14-21(28)24-19-13-16(22)3-8-20(19)26-11-9-25(2)10-12-26/h3-8,13H,9-12,14H2,1-2H3,(H,23,27)(H,24,28). The molecule has 0 saturated carbocycles. The Hall–Kier alpha value is -2.22. The molecular formula is C21H25ClN4O2S. The van der Waals surface area contributed by atoms with Crippen LogP contribution in [0.2, 0.25) is 5.02 Å². The van der Waals surface area contributed by atoms with Gasteiger partial charge in [-0.05, 0) is 49.5 Å². The van der Waals surface area contributed by atoms with Gasteiger partial charge < -0.3 is 20.4 Å². The van der Waals surface area contributed by atoms with Gasteiger partial charge in [0.1, 0.15) is 0 Å². The highest BCUT2D eigenvalue weighted by molar-refractivity contribution is 8.00. The maximum Gasteiger partial charge on any atom is 0.234 e. The number of hydrogen-bond acceptors (Lipinski definition) is 5. The van der Waals surface area contributed by atoms with Crippen LogP contribution in [0.1, 0.15) is 6.92 Å². The van der Waals surface area contributed by atoms with Crippen LogP contribution < -0.4 is 15.5 Å². The molecule has 2 amide bonds. The van der Waals surface area contributed by atoms with Crippen LogP contribution in [-0.2, 0) is 9.59 Å². The molecule has 2 aromatic carbocycles. The predicted octanol–water partition coefficient (Wildman–Crippen LogP) is 3.78. The number of halogens is 1. The number of thioether (sulfide) groups is 1. The third-order valence-corrected chi connectivity index (χ3v) is 5.87. The average molecular weight is 433 g/mol. The van der Waals surface area contributed by atoms with Gasteiger partial charge >= 0.3 is 0 Å². The zero-order valence-electron chi connectivity index (χ0n) is 16.6. The fourth-order valence-corrected chi connectivity index (χ4v) is 3.97. The molecule has 29 heavy (non-hydrogen) atoms. The molecule has 0 radical (unpaired) electrons. The smallest absolute Gasteiger partial charge is 0.234 e. The number of amides is 2. The van der Waals surface area contributed by atoms with Crippen molar-refractivity contribution in [2.24, 2.45) is 0 Å². The molecule has 1 heterocycles. The lowest BCUT2D eigenvalue weighted by Crippen LogP contribution is -2.44. The van der Waals surface area contributed by atoms with E-state index in [0.717, 1.165) is 48.1 Å². The van der Waals surface area contributed by atoms with Crippen molar-refractivity contribution in [1.82, 2.24) is 4.90 Å². The zero-order valence-corrected chi connectivity index (χ0v) is 18.1. The second-order valence-corrected chi connectivity index (χ2v) is 8.48. The van der Waals surface area contributed by atoms with Gasteiger partial charge in [0.2, 0.25) is 11.8 Å². The molecule has 1 aliphatic rings. The molecule has 2 aromatic rings. The Kier molecular flexibility index (Phi) is 7.41. The first kappa shape index (κ1) is 21.5. The van der Waals surface area contributed by atoms with Crippen molar-refractivity contribution in [1.29, 1.82) is 0 Å². The lowest BCUT2D eigenvalue weighted by Gasteiger charge is -2.35. The zero-order chi connectivity index (χ0) is 20.8. The molecule has 8 heteroatoms. The number of hydrogen-bond donors (Lipinski definition) is 2. The van der Waals surface area contributed by atoms with Crippen LogP contribution >= 0.6 is 23.4 Å². The average Bonchev–Trinajstić information content (AvgIpc) is 2.68. The van der Waals surface area contributed by atoms with Crippen LogP contribution in [0.25, 0.3) is 0 Å². The monoisotopic (exact) mass is 432 g/mol. The number of piperazine rings is 1. The predicted molar refractivity (Wildman–Crippen MR) is 121 cm³/mol. The fourth-order valence-electron chi connectivity index (χ4n) is 3.10. The van der Waals surface area contributed by atoms with Crippen molar-refractivity contribution < 1.29 is 9.59 Å². The van der Waals surface area contributed by atoms with E-state index in [0.29, 0.717) is 5.02 Å². The second-order valence-electron chi connectivity index (χ2n) is 6.99. The summed E-state index contributed by atoms with van der Waals surface area (Å²) >= 11 is 7.62. The molecule has 6 nitrogen and oxygen atoms in total. The van der Waals surface area contributed by atoms with E-state index in [-0.39, 0.29) is 17.6 Å². The topological polar surface area (TPSA) is 64.7 Å². The summed E-state index contributed by atoms with van der Waals surface area (Å²) in [6.07, 6.45) is 0. The third-order valence-electron chi connectivity index (χ3n) is 4.62. The lowest BCUT2D eigenvalue weighted by molar-refractivity contribution is -0.114. The summed E-state index contributed by atoms with van der Waals surface area (Å²) in [5, 5.41) is 6.34. The van der Waals surface area contributed by atoms with Gasteiger partial charge in [0.25, 0.3) is 0 Å². The van der Waals surface area contributed by atoms with Crippen molar-refractivity contribution in [2.75, 3.05) is 54.5 Å². The van der Waals surface area contributed by atoms with Gasteiger partial charge in [0, 0.05) is 48.7 Å². The normalized spacial score (nSPS) is 14.5. The summed E-state index contributed by atoms with van der Waals surface area (Å²) in [6.45, 7) is 5.27. The first-order chi connectivity index (χ1) is 13.9. The summed E-state index contributed by atoms with van der Waals surface area (Å²) in [4.78, 5) is 29.1. The van der Waals surface area contributed by atoms with Crippen LogP contribution in [-0.4, -0.2) is 55.7 Å². The number of likely N-dealkylation sites (N-methyl/N-ethyl adjacent to an activating group) is 1. The number of nitrogens with zero attached hydrogens (tertiary/aromatic N) is 2. The van der Waals surface area contributed by atoms with Crippen molar-refractivity contribution in [3.05, 3.63) is 47.5 Å². The molecule has 0 aromatic heterocycles. The third kappa shape index (κ3) is 6.39. The van der Waals surface area contributed by atoms with E-state index in [4.69, 9.17) is 11.6 Å². The number of benzene rings is 2. The van der Waals surface area contributed by atoms with Crippen molar-refractivity contribution in [3.8, 4) is 0 Å². The molecule has 0 bridgehead atoms. The fraction of sp³-hybridized carbons (Fsp3) is 0.333. The Bertz CT molecular complexity index is 867. The lowest BCUT2D eigenvalue weighted by atomic mass is 10.2. The molecule has 0 unspecified atom stereocenters. The van der Waals surface area contributed by atoms with E-state index in [1.807, 2.05) is 36.4 Å². The van der Waals surface area contributed by atoms with Gasteiger partial charge in [-0.25, -0.2) is 0 Å². The van der Waals surface area contributed by atoms with Gasteiger partial charge in [0.05, 0.1) is 17.1 Å². The minimum atomic E-state index is -0.109. The van der Waals surface area contributed by atoms with Crippen molar-refractivity contribution in [3.63, 3.8) is 0 Å². The summed E-state index contributed by atoms with van der Waals surface area (Å²) in [6, 6.07) is 13.1. The van der Waals surface area contributed by atoms with Crippen LogP contribution in [0.4, 0.5) is 17.1 Å². The van der Waals surface area contributed by atoms with Crippen LogP contribution in [0, 0.1) is 0 Å². The van der Waals surface area contributed by atoms with Gasteiger partial charge in [-0.2, -0.15) is 0 Å². The second kappa shape index (κ2) is 10.0. The summed E-state index contributed by atoms with van der Waals surface area (Å²) in [5.41, 5.74) is 2.48. The molecule has 0 atom stereocenters. The van der Waals surface area contributed by atoms with Crippen LogP contribution in [0.15, 0.2) is 47.4 Å². The van der Waals surface area contributed by atoms with Gasteiger partial charge in [-0.15, -0.1) is 11.8 Å². The Labute approximate surface area is 180 Å². The summed E-state index contributed by atoms with van der Waals surface area (Å²) in [7, 11) is 2.11. The highest BCUT2D eigenvalue weighted by Crippen LogP contribution is 2.30. The molecule has 1 fully saturated rings. The number of carbonyl (C=O) groups excluding carboxylic acids is 2. The summed E-state index contributed by atoms with van der Waals surface area (Å²) < 4.78 is 0. The van der Waals surface area contributed by atoms with Crippen molar-refractivity contribution in [2.45, 2.75) is 11.8 Å². The molecule has 0 aliphatic carbocycles. The first-order valence-electron chi connectivity index (χ1n) is 9.44. The highest BCUT2D eigenvalue weighted by Gasteiger charge is 2.18. The number of nitrogens with one attached hydrogen (secondary N) is 2. The first-order valence-corrected chi connectivity index (χ1v) is 10.8. The van der Waals surface area contributed by atoms with Gasteiger partial charge in [-0.3, -0.25) is 9.59 Å². The molecule has 1 aliphatic heterocycles. The maximum atomic E-state index is 12.5. The Morgan fingerprint density at radius 2 is 1.72 bits per heavy atom. The van der Waals surface area contributed by atoms with E-state index >= 15 is 0 Å². The SMILES string of the molecule is CC(=O)Nc1ccc(SCC(=O)Nc2cc(Cl)ccc2N2CCN(C)CC2)cc1. The van der Waals surface area contributed by atoms with E-state index in [1.54, 1.807) is 6.07 Å². The molecule has 2 N–H and O–H groups in total. The largest absolute Gasteiger partial charge is 0.367 e. The molecule has 1 saturated heterocycles. The minimum Gasteiger partial charge on any atom is -0.367 e. The van der Waals surface area contributed by atoms with Crippen LogP contribution in [0.5, 0.6) is 0 Å². The Balaban J connectivity index is 1.60. The highest BCUT2D eigenvalue weighted by atomic mass is 35.5. The Morgan fingerprint density at radius 3 is 2.38 bits per heavy atom. The van der Waals surface area contributed by atoms with Crippen molar-refractivity contribution >= 4 is 52.2 Å². The van der Waals surface area contributed by atoms with Gasteiger partial charge in [-0.1, -0.05) is 11.6 Å². The molecule has 3 rings (SSSR count). The number of carbonyl (C=O) groups is 2. The van der Waals surface area contributed by atoms with E-state index in [2.05, 4.69) is 27.5 Å². The molecule has 0 spiro atoms. The number of anilines is 3. The molecule has 154 valence electrons. The maximum absolute atomic E-state index is 12.5.